The summed E-state index contributed by atoms with van der Waals surface area (Å²) in [7, 11) is 0. The van der Waals surface area contributed by atoms with Gasteiger partial charge in [-0.15, -0.1) is 11.3 Å². The Morgan fingerprint density at radius 1 is 1.05 bits per heavy atom. The molecule has 0 spiro atoms. The number of nitrogens with one attached hydrogen (secondary N) is 1. The predicted octanol–water partition coefficient (Wildman–Crippen LogP) is 4.61. The van der Waals surface area contributed by atoms with Crippen LogP contribution in [-0.2, 0) is 6.54 Å². The Bertz CT molecular complexity index is 541. The summed E-state index contributed by atoms with van der Waals surface area (Å²) in [5, 5.41) is 3.66. The molecule has 0 amide bonds. The van der Waals surface area contributed by atoms with Gasteiger partial charge in [0, 0.05) is 22.3 Å². The zero-order valence-corrected chi connectivity index (χ0v) is 11.8. The van der Waals surface area contributed by atoms with Crippen molar-refractivity contribution in [1.82, 2.24) is 5.32 Å². The van der Waals surface area contributed by atoms with E-state index in [2.05, 4.69) is 59.9 Å². The molecule has 1 nitrogen and oxygen atoms in total. The number of hydrogen-bond acceptors (Lipinski definition) is 2. The summed E-state index contributed by atoms with van der Waals surface area (Å²) >= 11 is 1.89. The van der Waals surface area contributed by atoms with Crippen LogP contribution in [0.3, 0.4) is 0 Å². The molecule has 1 aliphatic carbocycles. The minimum absolute atomic E-state index is 0.660. The van der Waals surface area contributed by atoms with Crippen LogP contribution in [0.1, 0.15) is 24.1 Å². The van der Waals surface area contributed by atoms with Gasteiger partial charge in [0.15, 0.2) is 0 Å². The number of rotatable bonds is 4. The zero-order chi connectivity index (χ0) is 12.9. The molecule has 3 rings (SSSR count). The molecule has 0 bridgehead atoms. The van der Waals surface area contributed by atoms with E-state index in [1.807, 2.05) is 11.3 Å². The molecule has 1 unspecified atom stereocenters. The average Bonchev–Trinajstić information content (AvgIpc) is 2.96. The van der Waals surface area contributed by atoms with E-state index < -0.39 is 0 Å². The lowest BCUT2D eigenvalue weighted by Crippen LogP contribution is -2.28. The number of benzene rings is 1. The lowest BCUT2D eigenvalue weighted by molar-refractivity contribution is 0.476. The van der Waals surface area contributed by atoms with E-state index in [0.717, 1.165) is 6.54 Å². The molecule has 1 heterocycles. The normalized spacial score (nSPS) is 18.6. The summed E-state index contributed by atoms with van der Waals surface area (Å²) in [6, 6.07) is 15.8. The Morgan fingerprint density at radius 2 is 1.95 bits per heavy atom. The van der Waals surface area contributed by atoms with Crippen LogP contribution in [0.25, 0.3) is 10.4 Å². The van der Waals surface area contributed by atoms with Gasteiger partial charge < -0.3 is 5.32 Å². The molecule has 1 aromatic heterocycles. The van der Waals surface area contributed by atoms with Crippen LogP contribution in [0, 0.1) is 0 Å². The first-order chi connectivity index (χ1) is 9.42. The SMILES string of the molecule is C1=CCC(NCc2ccc(-c3ccccc3)s2)CC1. The van der Waals surface area contributed by atoms with Gasteiger partial charge in [-0.2, -0.15) is 0 Å². The Hall–Kier alpha value is -1.38. The molecule has 1 atom stereocenters. The van der Waals surface area contributed by atoms with Gasteiger partial charge in [0.2, 0.25) is 0 Å². The fraction of sp³-hybridized carbons (Fsp3) is 0.294. The molecular formula is C17H19NS. The lowest BCUT2D eigenvalue weighted by atomic mass is 10.0. The van der Waals surface area contributed by atoms with Gasteiger partial charge in [-0.25, -0.2) is 0 Å². The Kier molecular flexibility index (Phi) is 4.11. The van der Waals surface area contributed by atoms with Crippen LogP contribution in [0.4, 0.5) is 0 Å². The van der Waals surface area contributed by atoms with Crippen LogP contribution in [-0.4, -0.2) is 6.04 Å². The predicted molar refractivity (Wildman–Crippen MR) is 83.4 cm³/mol. The van der Waals surface area contributed by atoms with E-state index in [0.29, 0.717) is 6.04 Å². The molecular weight excluding hydrogens is 250 g/mol. The summed E-state index contributed by atoms with van der Waals surface area (Å²) < 4.78 is 0. The standard InChI is InChI=1S/C17H19NS/c1-3-7-14(8-4-1)17-12-11-16(19-17)13-18-15-9-5-2-6-10-15/h1-5,7-8,11-12,15,18H,6,9-10,13H2. The second-order valence-electron chi connectivity index (χ2n) is 4.99. The lowest BCUT2D eigenvalue weighted by Gasteiger charge is -2.18. The summed E-state index contributed by atoms with van der Waals surface area (Å²) in [5.74, 6) is 0. The molecule has 0 saturated heterocycles. The molecule has 0 aliphatic heterocycles. The molecule has 0 saturated carbocycles. The van der Waals surface area contributed by atoms with Crippen molar-refractivity contribution in [3.63, 3.8) is 0 Å². The minimum atomic E-state index is 0.660. The van der Waals surface area contributed by atoms with Crippen LogP contribution >= 0.6 is 11.3 Å². The van der Waals surface area contributed by atoms with Gasteiger partial charge in [0.25, 0.3) is 0 Å². The second-order valence-corrected chi connectivity index (χ2v) is 6.16. The molecule has 98 valence electrons. The van der Waals surface area contributed by atoms with Crippen molar-refractivity contribution in [3.8, 4) is 10.4 Å². The van der Waals surface area contributed by atoms with E-state index in [4.69, 9.17) is 0 Å². The number of allylic oxidation sites excluding steroid dienone is 1. The van der Waals surface area contributed by atoms with Crippen LogP contribution in [0.15, 0.2) is 54.6 Å². The van der Waals surface area contributed by atoms with Gasteiger partial charge in [0.1, 0.15) is 0 Å². The maximum Gasteiger partial charge on any atom is 0.0346 e. The number of hydrogen-bond donors (Lipinski definition) is 1. The first kappa shape index (κ1) is 12.6. The first-order valence-electron chi connectivity index (χ1n) is 6.94. The third-order valence-electron chi connectivity index (χ3n) is 3.55. The molecule has 1 aromatic carbocycles. The van der Waals surface area contributed by atoms with Crippen molar-refractivity contribution in [3.05, 3.63) is 59.5 Å². The highest BCUT2D eigenvalue weighted by molar-refractivity contribution is 7.15. The third kappa shape index (κ3) is 3.34. The van der Waals surface area contributed by atoms with Gasteiger partial charge >= 0.3 is 0 Å². The highest BCUT2D eigenvalue weighted by Crippen LogP contribution is 2.28. The zero-order valence-electron chi connectivity index (χ0n) is 11.0. The number of thiophene rings is 1. The van der Waals surface area contributed by atoms with E-state index in [1.54, 1.807) is 0 Å². The van der Waals surface area contributed by atoms with Crippen molar-refractivity contribution in [1.29, 1.82) is 0 Å². The van der Waals surface area contributed by atoms with Crippen molar-refractivity contribution in [2.45, 2.75) is 31.8 Å². The van der Waals surface area contributed by atoms with Crippen LogP contribution in [0.2, 0.25) is 0 Å². The fourth-order valence-electron chi connectivity index (χ4n) is 2.45. The molecule has 0 fully saturated rings. The summed E-state index contributed by atoms with van der Waals surface area (Å²) in [4.78, 5) is 2.79. The maximum absolute atomic E-state index is 3.66. The van der Waals surface area contributed by atoms with Crippen molar-refractivity contribution in [2.24, 2.45) is 0 Å². The largest absolute Gasteiger partial charge is 0.309 e. The van der Waals surface area contributed by atoms with Crippen LogP contribution < -0.4 is 5.32 Å². The van der Waals surface area contributed by atoms with E-state index in [9.17, 15) is 0 Å². The summed E-state index contributed by atoms with van der Waals surface area (Å²) in [6.07, 6.45) is 8.25. The first-order valence-corrected chi connectivity index (χ1v) is 7.76. The summed E-state index contributed by atoms with van der Waals surface area (Å²) in [6.45, 7) is 0.996. The third-order valence-corrected chi connectivity index (χ3v) is 4.69. The smallest absolute Gasteiger partial charge is 0.0346 e. The van der Waals surface area contributed by atoms with Crippen LogP contribution in [0.5, 0.6) is 0 Å². The van der Waals surface area contributed by atoms with Gasteiger partial charge in [0.05, 0.1) is 0 Å². The molecule has 2 heteroatoms. The molecule has 2 aromatic rings. The second kappa shape index (κ2) is 6.18. The van der Waals surface area contributed by atoms with E-state index >= 15 is 0 Å². The Labute approximate surface area is 119 Å². The Balaban J connectivity index is 1.60. The highest BCUT2D eigenvalue weighted by Gasteiger charge is 2.09. The van der Waals surface area contributed by atoms with E-state index in [1.165, 1.54) is 34.6 Å². The minimum Gasteiger partial charge on any atom is -0.309 e. The van der Waals surface area contributed by atoms with Gasteiger partial charge in [-0.1, -0.05) is 42.5 Å². The summed E-state index contributed by atoms with van der Waals surface area (Å²) in [5.41, 5.74) is 1.32. The highest BCUT2D eigenvalue weighted by atomic mass is 32.1. The maximum atomic E-state index is 3.66. The molecule has 1 aliphatic rings. The average molecular weight is 269 g/mol. The molecule has 19 heavy (non-hydrogen) atoms. The van der Waals surface area contributed by atoms with Gasteiger partial charge in [-0.05, 0) is 37.0 Å². The quantitative estimate of drug-likeness (QED) is 0.799. The van der Waals surface area contributed by atoms with Crippen molar-refractivity contribution >= 4 is 11.3 Å². The van der Waals surface area contributed by atoms with Gasteiger partial charge in [-0.3, -0.25) is 0 Å². The Morgan fingerprint density at radius 3 is 2.74 bits per heavy atom. The van der Waals surface area contributed by atoms with Crippen molar-refractivity contribution in [2.75, 3.05) is 0 Å². The molecule has 1 N–H and O–H groups in total. The fourth-order valence-corrected chi connectivity index (χ4v) is 3.42. The monoisotopic (exact) mass is 269 g/mol. The van der Waals surface area contributed by atoms with E-state index in [-0.39, 0.29) is 0 Å². The molecule has 0 radical (unpaired) electrons. The topological polar surface area (TPSA) is 12.0 Å². The van der Waals surface area contributed by atoms with Crippen molar-refractivity contribution < 1.29 is 0 Å².